The number of rotatable bonds is 5. The summed E-state index contributed by atoms with van der Waals surface area (Å²) >= 11 is 0. The maximum absolute atomic E-state index is 6.03. The molecule has 3 rings (SSSR count). The molecule has 2 aliphatic rings. The minimum Gasteiger partial charge on any atom is -0.375 e. The molecule has 1 spiro atoms. The lowest BCUT2D eigenvalue weighted by Gasteiger charge is -2.47. The predicted molar refractivity (Wildman–Crippen MR) is 82.7 cm³/mol. The fourth-order valence-electron chi connectivity index (χ4n) is 3.86. The van der Waals surface area contributed by atoms with Crippen LogP contribution in [0.2, 0.25) is 0 Å². The number of benzene rings is 1. The lowest BCUT2D eigenvalue weighted by atomic mass is 9.71. The third kappa shape index (κ3) is 3.07. The van der Waals surface area contributed by atoms with E-state index in [4.69, 9.17) is 4.74 Å². The van der Waals surface area contributed by atoms with Crippen molar-refractivity contribution < 1.29 is 4.74 Å². The van der Waals surface area contributed by atoms with Crippen LogP contribution in [0.25, 0.3) is 0 Å². The Bertz CT molecular complexity index is 413. The Morgan fingerprint density at radius 3 is 2.75 bits per heavy atom. The molecule has 0 radical (unpaired) electrons. The average molecular weight is 273 g/mol. The van der Waals surface area contributed by atoms with Crippen LogP contribution in [0.15, 0.2) is 30.3 Å². The zero-order chi connectivity index (χ0) is 13.8. The van der Waals surface area contributed by atoms with Gasteiger partial charge in [0.05, 0.1) is 5.60 Å². The summed E-state index contributed by atoms with van der Waals surface area (Å²) in [5.41, 5.74) is 1.71. The molecule has 20 heavy (non-hydrogen) atoms. The molecule has 1 aromatic carbocycles. The molecule has 0 bridgehead atoms. The summed E-state index contributed by atoms with van der Waals surface area (Å²) in [6, 6.07) is 11.3. The van der Waals surface area contributed by atoms with Crippen molar-refractivity contribution in [2.45, 2.75) is 56.6 Å². The second kappa shape index (κ2) is 6.28. The van der Waals surface area contributed by atoms with Gasteiger partial charge < -0.3 is 10.1 Å². The number of hydrogen-bond acceptors (Lipinski definition) is 2. The number of nitrogens with one attached hydrogen (secondary N) is 1. The molecule has 1 aromatic rings. The fourth-order valence-corrected chi connectivity index (χ4v) is 3.86. The highest BCUT2D eigenvalue weighted by Gasteiger charge is 2.42. The highest BCUT2D eigenvalue weighted by molar-refractivity contribution is 5.18. The quantitative estimate of drug-likeness (QED) is 0.873. The molecule has 1 aliphatic heterocycles. The van der Waals surface area contributed by atoms with E-state index in [1.54, 1.807) is 0 Å². The summed E-state index contributed by atoms with van der Waals surface area (Å²) in [4.78, 5) is 0. The van der Waals surface area contributed by atoms with Crippen LogP contribution in [0.3, 0.4) is 0 Å². The van der Waals surface area contributed by atoms with Crippen LogP contribution in [-0.4, -0.2) is 19.3 Å². The van der Waals surface area contributed by atoms with Gasteiger partial charge in [0.25, 0.3) is 0 Å². The molecular weight excluding hydrogens is 246 g/mol. The fraction of sp³-hybridized carbons (Fsp3) is 0.667. The van der Waals surface area contributed by atoms with Crippen molar-refractivity contribution in [2.75, 3.05) is 13.7 Å². The van der Waals surface area contributed by atoms with Gasteiger partial charge in [-0.05, 0) is 63.5 Å². The first-order valence-electron chi connectivity index (χ1n) is 8.17. The van der Waals surface area contributed by atoms with E-state index in [1.165, 1.54) is 50.5 Å². The highest BCUT2D eigenvalue weighted by Crippen LogP contribution is 2.45. The Labute approximate surface area is 122 Å². The normalized spacial score (nSPS) is 26.1. The Hall–Kier alpha value is -0.860. The van der Waals surface area contributed by atoms with Gasteiger partial charge in [0.15, 0.2) is 0 Å². The molecule has 110 valence electrons. The Morgan fingerprint density at radius 1 is 1.30 bits per heavy atom. The molecule has 2 nitrogen and oxygen atoms in total. The van der Waals surface area contributed by atoms with Crippen molar-refractivity contribution in [2.24, 2.45) is 5.92 Å². The SMILES string of the molecule is CNC(CCC1CCOC2(CCC2)C1)c1ccccc1. The van der Waals surface area contributed by atoms with Crippen molar-refractivity contribution in [3.63, 3.8) is 0 Å². The topological polar surface area (TPSA) is 21.3 Å². The minimum absolute atomic E-state index is 0.296. The summed E-state index contributed by atoms with van der Waals surface area (Å²) in [5.74, 6) is 0.864. The molecular formula is C18H27NO. The second-order valence-corrected chi connectivity index (χ2v) is 6.57. The molecule has 1 saturated heterocycles. The van der Waals surface area contributed by atoms with E-state index in [2.05, 4.69) is 42.7 Å². The van der Waals surface area contributed by atoms with Crippen molar-refractivity contribution >= 4 is 0 Å². The van der Waals surface area contributed by atoms with Crippen molar-refractivity contribution in [1.82, 2.24) is 5.32 Å². The van der Waals surface area contributed by atoms with E-state index < -0.39 is 0 Å². The zero-order valence-electron chi connectivity index (χ0n) is 12.6. The molecule has 0 amide bonds. The Balaban J connectivity index is 1.53. The molecule has 2 fully saturated rings. The monoisotopic (exact) mass is 273 g/mol. The summed E-state index contributed by atoms with van der Waals surface area (Å²) in [6.45, 7) is 0.986. The van der Waals surface area contributed by atoms with Crippen LogP contribution >= 0.6 is 0 Å². The van der Waals surface area contributed by atoms with E-state index in [0.29, 0.717) is 11.6 Å². The van der Waals surface area contributed by atoms with Gasteiger partial charge in [-0.1, -0.05) is 30.3 Å². The molecule has 1 saturated carbocycles. The van der Waals surface area contributed by atoms with Crippen LogP contribution in [0, 0.1) is 5.92 Å². The Kier molecular flexibility index (Phi) is 4.42. The first-order valence-corrected chi connectivity index (χ1v) is 8.17. The molecule has 0 aromatic heterocycles. The van der Waals surface area contributed by atoms with E-state index in [0.717, 1.165) is 12.5 Å². The van der Waals surface area contributed by atoms with Crippen LogP contribution in [-0.2, 0) is 4.74 Å². The lowest BCUT2D eigenvalue weighted by Crippen LogP contribution is -2.45. The van der Waals surface area contributed by atoms with Gasteiger partial charge in [-0.15, -0.1) is 0 Å². The molecule has 1 aliphatic carbocycles. The van der Waals surface area contributed by atoms with Gasteiger partial charge in [0.2, 0.25) is 0 Å². The van der Waals surface area contributed by atoms with Crippen molar-refractivity contribution in [1.29, 1.82) is 0 Å². The van der Waals surface area contributed by atoms with Gasteiger partial charge in [-0.2, -0.15) is 0 Å². The first kappa shape index (κ1) is 14.1. The van der Waals surface area contributed by atoms with Gasteiger partial charge in [-0.25, -0.2) is 0 Å². The molecule has 2 unspecified atom stereocenters. The summed E-state index contributed by atoms with van der Waals surface area (Å²) in [7, 11) is 2.08. The van der Waals surface area contributed by atoms with Crippen LogP contribution < -0.4 is 5.32 Å². The molecule has 1 heterocycles. The second-order valence-electron chi connectivity index (χ2n) is 6.57. The number of ether oxygens (including phenoxy) is 1. The molecule has 1 N–H and O–H groups in total. The third-order valence-corrected chi connectivity index (χ3v) is 5.27. The van der Waals surface area contributed by atoms with Gasteiger partial charge in [0, 0.05) is 12.6 Å². The third-order valence-electron chi connectivity index (χ3n) is 5.27. The van der Waals surface area contributed by atoms with Crippen LogP contribution in [0.1, 0.15) is 56.6 Å². The van der Waals surface area contributed by atoms with Crippen molar-refractivity contribution in [3.8, 4) is 0 Å². The first-order chi connectivity index (χ1) is 9.81. The lowest BCUT2D eigenvalue weighted by molar-refractivity contribution is -0.144. The van der Waals surface area contributed by atoms with Crippen LogP contribution in [0.4, 0.5) is 0 Å². The molecule has 2 heteroatoms. The predicted octanol–water partition coefficient (Wildman–Crippen LogP) is 4.08. The maximum atomic E-state index is 6.03. The van der Waals surface area contributed by atoms with E-state index in [1.807, 2.05) is 0 Å². The van der Waals surface area contributed by atoms with E-state index in [9.17, 15) is 0 Å². The maximum Gasteiger partial charge on any atom is 0.0685 e. The van der Waals surface area contributed by atoms with E-state index in [-0.39, 0.29) is 0 Å². The standard InChI is InChI=1S/C18H27NO/c1-19-17(16-6-3-2-4-7-16)9-8-15-10-13-20-18(14-15)11-5-12-18/h2-4,6-7,15,17,19H,5,8-14H2,1H3. The number of hydrogen-bond donors (Lipinski definition) is 1. The zero-order valence-corrected chi connectivity index (χ0v) is 12.6. The average Bonchev–Trinajstić information content (AvgIpc) is 2.48. The van der Waals surface area contributed by atoms with E-state index >= 15 is 0 Å². The Morgan fingerprint density at radius 2 is 2.10 bits per heavy atom. The minimum atomic E-state index is 0.296. The van der Waals surface area contributed by atoms with Gasteiger partial charge >= 0.3 is 0 Å². The van der Waals surface area contributed by atoms with Crippen LogP contribution in [0.5, 0.6) is 0 Å². The van der Waals surface area contributed by atoms with Crippen molar-refractivity contribution in [3.05, 3.63) is 35.9 Å². The summed E-state index contributed by atoms with van der Waals surface area (Å²) in [6.07, 6.45) is 9.10. The van der Waals surface area contributed by atoms with Gasteiger partial charge in [-0.3, -0.25) is 0 Å². The summed E-state index contributed by atoms with van der Waals surface area (Å²) < 4.78 is 6.03. The smallest absolute Gasteiger partial charge is 0.0685 e. The summed E-state index contributed by atoms with van der Waals surface area (Å²) in [5, 5.41) is 3.48. The van der Waals surface area contributed by atoms with Gasteiger partial charge in [0.1, 0.15) is 0 Å². The highest BCUT2D eigenvalue weighted by atomic mass is 16.5. The molecule has 2 atom stereocenters. The largest absolute Gasteiger partial charge is 0.375 e.